The van der Waals surface area contributed by atoms with Crippen molar-refractivity contribution in [2.24, 2.45) is 5.73 Å². The zero-order valence-electron chi connectivity index (χ0n) is 8.20. The number of likely N-dealkylation sites (N-methyl/N-ethyl adjacent to an activating group) is 1. The Balaban J connectivity index is 2.28. The third kappa shape index (κ3) is 1.59. The first-order chi connectivity index (χ1) is 6.16. The Labute approximate surface area is 78.3 Å². The predicted molar refractivity (Wildman–Crippen MR) is 51.2 cm³/mol. The number of hydrogen-bond acceptors (Lipinski definition) is 3. The third-order valence-corrected chi connectivity index (χ3v) is 2.47. The fourth-order valence-electron chi connectivity index (χ4n) is 1.64. The molecular formula is C9H16N4. The molecule has 0 amide bonds. The predicted octanol–water partition coefficient (Wildman–Crippen LogP) is 0.348. The third-order valence-electron chi connectivity index (χ3n) is 2.47. The van der Waals surface area contributed by atoms with E-state index >= 15 is 0 Å². The van der Waals surface area contributed by atoms with Gasteiger partial charge < -0.3 is 5.73 Å². The minimum absolute atomic E-state index is 0.0448. The van der Waals surface area contributed by atoms with Gasteiger partial charge in [0.05, 0.1) is 17.9 Å². The first-order valence-electron chi connectivity index (χ1n) is 4.67. The standard InChI is InChI=1S/C9H16N4/c1-7(10)9-5-8-6-12(2)3-4-13(8)11-9/h5,7H,3-4,6,10H2,1-2H3/t7-/m0/s1. The molecule has 13 heavy (non-hydrogen) atoms. The van der Waals surface area contributed by atoms with Crippen molar-refractivity contribution < 1.29 is 0 Å². The molecule has 72 valence electrons. The molecule has 4 heteroatoms. The minimum atomic E-state index is 0.0448. The molecule has 2 rings (SSSR count). The summed E-state index contributed by atoms with van der Waals surface area (Å²) in [7, 11) is 2.13. The molecule has 1 aromatic rings. The summed E-state index contributed by atoms with van der Waals surface area (Å²) in [6.07, 6.45) is 0. The van der Waals surface area contributed by atoms with Crippen LogP contribution in [0.5, 0.6) is 0 Å². The molecule has 0 aliphatic carbocycles. The van der Waals surface area contributed by atoms with E-state index in [-0.39, 0.29) is 6.04 Å². The van der Waals surface area contributed by atoms with E-state index in [4.69, 9.17) is 5.73 Å². The average Bonchev–Trinajstić information content (AvgIpc) is 2.46. The molecule has 0 saturated heterocycles. The van der Waals surface area contributed by atoms with Crippen LogP contribution in [0.4, 0.5) is 0 Å². The van der Waals surface area contributed by atoms with Gasteiger partial charge >= 0.3 is 0 Å². The van der Waals surface area contributed by atoms with E-state index in [9.17, 15) is 0 Å². The van der Waals surface area contributed by atoms with Crippen molar-refractivity contribution in [3.63, 3.8) is 0 Å². The van der Waals surface area contributed by atoms with E-state index < -0.39 is 0 Å². The van der Waals surface area contributed by atoms with Crippen molar-refractivity contribution in [1.29, 1.82) is 0 Å². The molecule has 1 aromatic heterocycles. The van der Waals surface area contributed by atoms with Crippen LogP contribution in [0.1, 0.15) is 24.4 Å². The van der Waals surface area contributed by atoms with E-state index in [0.29, 0.717) is 0 Å². The van der Waals surface area contributed by atoms with Crippen LogP contribution in [0.3, 0.4) is 0 Å². The highest BCUT2D eigenvalue weighted by atomic mass is 15.3. The second-order valence-electron chi connectivity index (χ2n) is 3.81. The second kappa shape index (κ2) is 3.12. The molecule has 2 heterocycles. The highest BCUT2D eigenvalue weighted by Crippen LogP contribution is 2.15. The smallest absolute Gasteiger partial charge is 0.0792 e. The number of nitrogens with zero attached hydrogens (tertiary/aromatic N) is 3. The van der Waals surface area contributed by atoms with Crippen LogP contribution in [0.15, 0.2) is 6.07 Å². The highest BCUT2D eigenvalue weighted by molar-refractivity contribution is 5.14. The molecule has 2 N–H and O–H groups in total. The largest absolute Gasteiger partial charge is 0.323 e. The van der Waals surface area contributed by atoms with E-state index in [1.807, 2.05) is 6.92 Å². The Kier molecular flexibility index (Phi) is 2.09. The molecular weight excluding hydrogens is 164 g/mol. The fourth-order valence-corrected chi connectivity index (χ4v) is 1.64. The molecule has 0 spiro atoms. The maximum atomic E-state index is 5.77. The molecule has 0 fully saturated rings. The van der Waals surface area contributed by atoms with Crippen molar-refractivity contribution in [3.05, 3.63) is 17.5 Å². The van der Waals surface area contributed by atoms with Crippen molar-refractivity contribution in [1.82, 2.24) is 14.7 Å². The zero-order valence-corrected chi connectivity index (χ0v) is 8.20. The topological polar surface area (TPSA) is 47.1 Å². The Hall–Kier alpha value is -0.870. The van der Waals surface area contributed by atoms with Gasteiger partial charge in [-0.15, -0.1) is 0 Å². The summed E-state index contributed by atoms with van der Waals surface area (Å²) in [5, 5.41) is 4.45. The molecule has 1 aliphatic rings. The van der Waals surface area contributed by atoms with E-state index in [2.05, 4.69) is 27.8 Å². The lowest BCUT2D eigenvalue weighted by molar-refractivity contribution is 0.258. The molecule has 1 atom stereocenters. The number of aromatic nitrogens is 2. The van der Waals surface area contributed by atoms with Crippen LogP contribution in [0, 0.1) is 0 Å². The highest BCUT2D eigenvalue weighted by Gasteiger charge is 2.16. The summed E-state index contributed by atoms with van der Waals surface area (Å²) in [5.74, 6) is 0. The number of hydrogen-bond donors (Lipinski definition) is 1. The average molecular weight is 180 g/mol. The number of fused-ring (bicyclic) bond motifs is 1. The Morgan fingerprint density at radius 3 is 3.00 bits per heavy atom. The van der Waals surface area contributed by atoms with Crippen LogP contribution in [-0.2, 0) is 13.1 Å². The van der Waals surface area contributed by atoms with Crippen molar-refractivity contribution in [2.45, 2.75) is 26.1 Å². The lowest BCUT2D eigenvalue weighted by atomic mass is 10.2. The maximum absolute atomic E-state index is 5.77. The van der Waals surface area contributed by atoms with Gasteiger partial charge in [-0.3, -0.25) is 9.58 Å². The van der Waals surface area contributed by atoms with Gasteiger partial charge in [-0.1, -0.05) is 0 Å². The van der Waals surface area contributed by atoms with E-state index in [1.165, 1.54) is 5.69 Å². The first-order valence-corrected chi connectivity index (χ1v) is 4.67. The van der Waals surface area contributed by atoms with Gasteiger partial charge in [-0.2, -0.15) is 5.10 Å². The summed E-state index contributed by atoms with van der Waals surface area (Å²) < 4.78 is 2.07. The summed E-state index contributed by atoms with van der Waals surface area (Å²) in [5.41, 5.74) is 8.05. The van der Waals surface area contributed by atoms with Crippen LogP contribution < -0.4 is 5.73 Å². The minimum Gasteiger partial charge on any atom is -0.323 e. The summed E-state index contributed by atoms with van der Waals surface area (Å²) in [4.78, 5) is 2.29. The molecule has 1 aliphatic heterocycles. The number of nitrogens with two attached hydrogens (primary N) is 1. The van der Waals surface area contributed by atoms with Crippen LogP contribution in [0.2, 0.25) is 0 Å². The Bertz CT molecular complexity index is 303. The van der Waals surface area contributed by atoms with Gasteiger partial charge in [0.15, 0.2) is 0 Å². The fraction of sp³-hybridized carbons (Fsp3) is 0.667. The summed E-state index contributed by atoms with van der Waals surface area (Å²) >= 11 is 0. The van der Waals surface area contributed by atoms with Gasteiger partial charge in [-0.05, 0) is 20.0 Å². The van der Waals surface area contributed by atoms with Gasteiger partial charge in [0, 0.05) is 19.1 Å². The quantitative estimate of drug-likeness (QED) is 0.678. The molecule has 0 bridgehead atoms. The molecule has 0 aromatic carbocycles. The van der Waals surface area contributed by atoms with Gasteiger partial charge in [0.2, 0.25) is 0 Å². The molecule has 0 unspecified atom stereocenters. The van der Waals surface area contributed by atoms with E-state index in [0.717, 1.165) is 25.3 Å². The zero-order chi connectivity index (χ0) is 9.42. The van der Waals surface area contributed by atoms with Crippen molar-refractivity contribution in [3.8, 4) is 0 Å². The Morgan fingerprint density at radius 2 is 2.31 bits per heavy atom. The SMILES string of the molecule is C[C@H](N)c1cc2n(n1)CCN(C)C2. The van der Waals surface area contributed by atoms with Gasteiger partial charge in [-0.25, -0.2) is 0 Å². The summed E-state index contributed by atoms with van der Waals surface area (Å²) in [6, 6.07) is 2.16. The summed E-state index contributed by atoms with van der Waals surface area (Å²) in [6.45, 7) is 5.02. The lowest BCUT2D eigenvalue weighted by Crippen LogP contribution is -2.30. The Morgan fingerprint density at radius 1 is 1.54 bits per heavy atom. The van der Waals surface area contributed by atoms with Crippen LogP contribution in [-0.4, -0.2) is 28.3 Å². The van der Waals surface area contributed by atoms with Crippen molar-refractivity contribution in [2.75, 3.05) is 13.6 Å². The monoisotopic (exact) mass is 180 g/mol. The molecule has 4 nitrogen and oxygen atoms in total. The van der Waals surface area contributed by atoms with Crippen LogP contribution >= 0.6 is 0 Å². The maximum Gasteiger partial charge on any atom is 0.0792 e. The number of rotatable bonds is 1. The second-order valence-corrected chi connectivity index (χ2v) is 3.81. The van der Waals surface area contributed by atoms with E-state index in [1.54, 1.807) is 0 Å². The van der Waals surface area contributed by atoms with Crippen molar-refractivity contribution >= 4 is 0 Å². The molecule has 0 radical (unpaired) electrons. The normalized spacial score (nSPS) is 19.9. The first kappa shape index (κ1) is 8.72. The van der Waals surface area contributed by atoms with Crippen LogP contribution in [0.25, 0.3) is 0 Å². The van der Waals surface area contributed by atoms with Gasteiger partial charge in [0.1, 0.15) is 0 Å². The van der Waals surface area contributed by atoms with Gasteiger partial charge in [0.25, 0.3) is 0 Å². The lowest BCUT2D eigenvalue weighted by Gasteiger charge is -2.22. The molecule has 0 saturated carbocycles.